The molecule has 3 nitrogen and oxygen atoms in total. The van der Waals surface area contributed by atoms with Crippen LogP contribution in [0.5, 0.6) is 0 Å². The predicted molar refractivity (Wildman–Crippen MR) is 79.3 cm³/mol. The van der Waals surface area contributed by atoms with Crippen LogP contribution < -0.4 is 10.6 Å². The molecule has 1 aromatic carbocycles. The number of hydrogen-bond acceptors (Lipinski definition) is 3. The number of nitrogens with two attached hydrogens (primary N) is 1. The second-order valence-corrected chi connectivity index (χ2v) is 6.21. The van der Waals surface area contributed by atoms with Crippen LogP contribution in [0.1, 0.15) is 12.0 Å². The molecule has 1 fully saturated rings. The van der Waals surface area contributed by atoms with Crippen molar-refractivity contribution in [3.63, 3.8) is 0 Å². The number of amidine groups is 1. The quantitative estimate of drug-likeness (QED) is 0.666. The van der Waals surface area contributed by atoms with Crippen LogP contribution in [-0.4, -0.2) is 30.4 Å². The van der Waals surface area contributed by atoms with Gasteiger partial charge in [0.05, 0.1) is 0 Å². The highest BCUT2D eigenvalue weighted by Crippen LogP contribution is 2.28. The number of nitrogen functional groups attached to an aromatic ring is 1. The molecule has 3 N–H and O–H groups in total. The highest BCUT2D eigenvalue weighted by atomic mass is 79.9. The molecule has 0 aromatic heterocycles. The molecule has 0 amide bonds. The molecule has 1 aromatic rings. The summed E-state index contributed by atoms with van der Waals surface area (Å²) in [6.07, 6.45) is 1.24. The molecule has 92 valence electrons. The van der Waals surface area contributed by atoms with E-state index in [2.05, 4.69) is 27.9 Å². The van der Waals surface area contributed by atoms with Crippen molar-refractivity contribution in [2.45, 2.75) is 12.5 Å². The van der Waals surface area contributed by atoms with Crippen molar-refractivity contribution in [1.29, 1.82) is 5.41 Å². The lowest BCUT2D eigenvalue weighted by Crippen LogP contribution is -2.31. The summed E-state index contributed by atoms with van der Waals surface area (Å²) in [7, 11) is 2.13. The van der Waals surface area contributed by atoms with Crippen molar-refractivity contribution < 1.29 is 0 Å². The van der Waals surface area contributed by atoms with Crippen LogP contribution in [0.2, 0.25) is 0 Å². The van der Waals surface area contributed by atoms with Crippen molar-refractivity contribution in [3.8, 4) is 0 Å². The third-order valence-corrected chi connectivity index (χ3v) is 4.90. The van der Waals surface area contributed by atoms with E-state index in [1.54, 1.807) is 0 Å². The van der Waals surface area contributed by atoms with Crippen LogP contribution in [0.4, 0.5) is 5.69 Å². The first-order valence-electron chi connectivity index (χ1n) is 5.54. The Morgan fingerprint density at radius 3 is 2.88 bits per heavy atom. The van der Waals surface area contributed by atoms with E-state index in [1.807, 2.05) is 30.0 Å². The van der Waals surface area contributed by atoms with Crippen molar-refractivity contribution in [2.75, 3.05) is 23.5 Å². The first kappa shape index (κ1) is 12.8. The number of rotatable bonds is 3. The Morgan fingerprint density at radius 1 is 1.59 bits per heavy atom. The van der Waals surface area contributed by atoms with Crippen LogP contribution in [0, 0.1) is 5.41 Å². The molecule has 0 aliphatic carbocycles. The van der Waals surface area contributed by atoms with E-state index >= 15 is 0 Å². The number of nitrogens with zero attached hydrogens (tertiary/aromatic N) is 1. The molecule has 0 bridgehead atoms. The Bertz CT molecular complexity index is 430. The number of halogens is 1. The maximum absolute atomic E-state index is 7.45. The standard InChI is InChI=1S/C12H16BrN3S/c1-16(9-4-5-17-7-9)8-2-3-10(12(14)15)11(13)6-8/h2-3,6,9H,4-5,7H2,1H3,(H3,14,15). The minimum atomic E-state index is 0.0995. The molecule has 5 heteroatoms. The zero-order chi connectivity index (χ0) is 12.4. The second-order valence-electron chi connectivity index (χ2n) is 4.21. The van der Waals surface area contributed by atoms with Gasteiger partial charge >= 0.3 is 0 Å². The minimum absolute atomic E-state index is 0.0995. The summed E-state index contributed by atoms with van der Waals surface area (Å²) in [6, 6.07) is 6.60. The third-order valence-electron chi connectivity index (χ3n) is 3.10. The molecule has 17 heavy (non-hydrogen) atoms. The van der Waals surface area contributed by atoms with Gasteiger partial charge in [0.1, 0.15) is 5.84 Å². The summed E-state index contributed by atoms with van der Waals surface area (Å²) in [5.41, 5.74) is 7.43. The highest BCUT2D eigenvalue weighted by Gasteiger charge is 2.20. The first-order chi connectivity index (χ1) is 8.09. The van der Waals surface area contributed by atoms with Crippen LogP contribution in [0.3, 0.4) is 0 Å². The lowest BCUT2D eigenvalue weighted by molar-refractivity contribution is 0.700. The fraction of sp³-hybridized carbons (Fsp3) is 0.417. The SMILES string of the molecule is CN(c1ccc(C(=N)N)c(Br)c1)C1CCSC1. The molecule has 1 saturated heterocycles. The van der Waals surface area contributed by atoms with E-state index in [1.165, 1.54) is 23.6 Å². The van der Waals surface area contributed by atoms with Gasteiger partial charge in [-0.2, -0.15) is 11.8 Å². The largest absolute Gasteiger partial charge is 0.384 e. The lowest BCUT2D eigenvalue weighted by atomic mass is 10.1. The van der Waals surface area contributed by atoms with Crippen molar-refractivity contribution in [3.05, 3.63) is 28.2 Å². The van der Waals surface area contributed by atoms with Gasteiger partial charge < -0.3 is 10.6 Å². The molecule has 1 aliphatic rings. The number of thioether (sulfide) groups is 1. The summed E-state index contributed by atoms with van der Waals surface area (Å²) in [6.45, 7) is 0. The molecular formula is C12H16BrN3S. The molecular weight excluding hydrogens is 298 g/mol. The average Bonchev–Trinajstić information content (AvgIpc) is 2.80. The maximum Gasteiger partial charge on any atom is 0.123 e. The van der Waals surface area contributed by atoms with E-state index in [9.17, 15) is 0 Å². The van der Waals surface area contributed by atoms with Crippen LogP contribution in [-0.2, 0) is 0 Å². The fourth-order valence-corrected chi connectivity index (χ4v) is 3.83. The first-order valence-corrected chi connectivity index (χ1v) is 7.49. The summed E-state index contributed by atoms with van der Waals surface area (Å²) >= 11 is 5.48. The van der Waals surface area contributed by atoms with Gasteiger partial charge in [-0.25, -0.2) is 0 Å². The Labute approximate surface area is 114 Å². The molecule has 1 aliphatic heterocycles. The maximum atomic E-state index is 7.45. The predicted octanol–water partition coefficient (Wildman–Crippen LogP) is 2.67. The van der Waals surface area contributed by atoms with Gasteiger partial charge in [0.2, 0.25) is 0 Å². The van der Waals surface area contributed by atoms with E-state index in [4.69, 9.17) is 11.1 Å². The van der Waals surface area contributed by atoms with E-state index < -0.39 is 0 Å². The smallest absolute Gasteiger partial charge is 0.123 e. The van der Waals surface area contributed by atoms with Gasteiger partial charge in [0.15, 0.2) is 0 Å². The molecule has 1 unspecified atom stereocenters. The zero-order valence-corrected chi connectivity index (χ0v) is 12.1. The van der Waals surface area contributed by atoms with Crippen molar-refractivity contribution in [1.82, 2.24) is 0 Å². The van der Waals surface area contributed by atoms with Crippen LogP contribution >= 0.6 is 27.7 Å². The lowest BCUT2D eigenvalue weighted by Gasteiger charge is -2.26. The zero-order valence-electron chi connectivity index (χ0n) is 9.74. The molecule has 1 atom stereocenters. The monoisotopic (exact) mass is 313 g/mol. The van der Waals surface area contributed by atoms with E-state index in [0.717, 1.165) is 10.0 Å². The number of anilines is 1. The van der Waals surface area contributed by atoms with Gasteiger partial charge in [0.25, 0.3) is 0 Å². The van der Waals surface area contributed by atoms with E-state index in [-0.39, 0.29) is 5.84 Å². The molecule has 0 radical (unpaired) electrons. The summed E-state index contributed by atoms with van der Waals surface area (Å²) < 4.78 is 0.889. The molecule has 1 heterocycles. The molecule has 0 spiro atoms. The van der Waals surface area contributed by atoms with Gasteiger partial charge in [0, 0.05) is 34.6 Å². The highest BCUT2D eigenvalue weighted by molar-refractivity contribution is 9.10. The topological polar surface area (TPSA) is 53.1 Å². The van der Waals surface area contributed by atoms with Crippen LogP contribution in [0.25, 0.3) is 0 Å². The summed E-state index contributed by atoms with van der Waals surface area (Å²) in [5.74, 6) is 2.55. The fourth-order valence-electron chi connectivity index (χ4n) is 1.98. The van der Waals surface area contributed by atoms with Crippen molar-refractivity contribution >= 4 is 39.2 Å². The van der Waals surface area contributed by atoms with Gasteiger partial charge in [-0.3, -0.25) is 5.41 Å². The molecule has 2 rings (SSSR count). The van der Waals surface area contributed by atoms with Gasteiger partial charge in [-0.1, -0.05) is 0 Å². The summed E-state index contributed by atoms with van der Waals surface area (Å²) in [5, 5.41) is 7.45. The Hall–Kier alpha value is -0.680. The number of nitrogens with one attached hydrogen (secondary N) is 1. The van der Waals surface area contributed by atoms with Gasteiger partial charge in [-0.15, -0.1) is 0 Å². The number of benzene rings is 1. The summed E-state index contributed by atoms with van der Waals surface area (Å²) in [4.78, 5) is 2.31. The number of hydrogen-bond donors (Lipinski definition) is 2. The van der Waals surface area contributed by atoms with Crippen LogP contribution in [0.15, 0.2) is 22.7 Å². The second kappa shape index (κ2) is 5.31. The Balaban J connectivity index is 2.21. The van der Waals surface area contributed by atoms with Crippen molar-refractivity contribution in [2.24, 2.45) is 5.73 Å². The average molecular weight is 314 g/mol. The van der Waals surface area contributed by atoms with E-state index in [0.29, 0.717) is 6.04 Å². The Kier molecular flexibility index (Phi) is 3.99. The Morgan fingerprint density at radius 2 is 2.35 bits per heavy atom. The molecule has 0 saturated carbocycles. The van der Waals surface area contributed by atoms with Gasteiger partial charge in [-0.05, 0) is 46.3 Å². The third kappa shape index (κ3) is 2.77. The normalized spacial score (nSPS) is 19.3. The minimum Gasteiger partial charge on any atom is -0.384 e.